The van der Waals surface area contributed by atoms with E-state index in [9.17, 15) is 4.39 Å². The highest BCUT2D eigenvalue weighted by Gasteiger charge is 2.19. The van der Waals surface area contributed by atoms with Crippen LogP contribution in [0, 0.1) is 5.82 Å². The molecule has 0 atom stereocenters. The molecular weight excluding hydrogens is 532 g/mol. The van der Waals surface area contributed by atoms with E-state index in [0.29, 0.717) is 24.7 Å². The van der Waals surface area contributed by atoms with Crippen LogP contribution in [0.15, 0.2) is 29.4 Å². The number of guanidine groups is 1. The molecule has 9 heteroatoms. The number of piperazine rings is 1. The number of halogens is 2. The van der Waals surface area contributed by atoms with Crippen LogP contribution in [0.2, 0.25) is 0 Å². The van der Waals surface area contributed by atoms with Gasteiger partial charge < -0.3 is 20.0 Å². The molecule has 0 saturated carbocycles. The second-order valence-corrected chi connectivity index (χ2v) is 8.83. The molecule has 1 aromatic carbocycles. The third-order valence-corrected chi connectivity index (χ3v) is 6.09. The Morgan fingerprint density at radius 3 is 2.52 bits per heavy atom. The van der Waals surface area contributed by atoms with Gasteiger partial charge in [0.15, 0.2) is 5.96 Å². The minimum atomic E-state index is -0.158. The van der Waals surface area contributed by atoms with Crippen LogP contribution in [0.3, 0.4) is 0 Å². The van der Waals surface area contributed by atoms with Gasteiger partial charge in [0, 0.05) is 72.2 Å². The molecule has 1 aromatic heterocycles. The number of aromatic nitrogens is 2. The predicted molar refractivity (Wildman–Crippen MR) is 145 cm³/mol. The molecule has 1 fully saturated rings. The lowest BCUT2D eigenvalue weighted by atomic mass is 10.1. The number of likely N-dealkylation sites (N-methyl/N-ethyl adjacent to an activating group) is 1. The number of hydrogen-bond donors (Lipinski definition) is 1. The highest BCUT2D eigenvalue weighted by atomic mass is 127. The van der Waals surface area contributed by atoms with E-state index in [0.717, 1.165) is 49.9 Å². The van der Waals surface area contributed by atoms with Crippen molar-refractivity contribution in [1.29, 1.82) is 0 Å². The van der Waals surface area contributed by atoms with E-state index in [2.05, 4.69) is 57.1 Å². The maximum atomic E-state index is 14.9. The molecule has 0 spiro atoms. The maximum absolute atomic E-state index is 14.9. The van der Waals surface area contributed by atoms with Crippen LogP contribution >= 0.6 is 24.0 Å². The van der Waals surface area contributed by atoms with Crippen LogP contribution in [0.4, 0.5) is 10.1 Å². The van der Waals surface area contributed by atoms with Gasteiger partial charge in [-0.05, 0) is 30.2 Å². The van der Waals surface area contributed by atoms with Crippen LogP contribution < -0.4 is 10.2 Å². The zero-order valence-electron chi connectivity index (χ0n) is 20.8. The first-order chi connectivity index (χ1) is 15.3. The lowest BCUT2D eigenvalue weighted by molar-refractivity contribution is 0.270. The van der Waals surface area contributed by atoms with Gasteiger partial charge in [-0.3, -0.25) is 9.67 Å². The van der Waals surface area contributed by atoms with E-state index >= 15 is 0 Å². The molecule has 184 valence electrons. The van der Waals surface area contributed by atoms with Crippen molar-refractivity contribution in [2.75, 3.05) is 51.7 Å². The number of nitrogens with one attached hydrogen (secondary N) is 1. The van der Waals surface area contributed by atoms with Crippen molar-refractivity contribution in [3.05, 3.63) is 47.0 Å². The van der Waals surface area contributed by atoms with E-state index < -0.39 is 0 Å². The molecular formula is C24H39FIN7. The van der Waals surface area contributed by atoms with Crippen molar-refractivity contribution in [3.63, 3.8) is 0 Å². The number of aryl methyl sites for hydroxylation is 1. The average molecular weight is 572 g/mol. The first-order valence-corrected chi connectivity index (χ1v) is 11.5. The van der Waals surface area contributed by atoms with Gasteiger partial charge in [-0.15, -0.1) is 24.0 Å². The monoisotopic (exact) mass is 571 g/mol. The lowest BCUT2D eigenvalue weighted by Gasteiger charge is -2.35. The van der Waals surface area contributed by atoms with Gasteiger partial charge in [0.05, 0.1) is 11.4 Å². The van der Waals surface area contributed by atoms with Gasteiger partial charge in [-0.1, -0.05) is 26.8 Å². The third-order valence-electron chi connectivity index (χ3n) is 6.09. The molecule has 33 heavy (non-hydrogen) atoms. The SMILES string of the molecule is CCN1CCN(c2ccc(CNC(=NC)N(C)Cc3cn(C)nc3C(C)C)cc2F)CC1.I. The van der Waals surface area contributed by atoms with Crippen molar-refractivity contribution in [2.24, 2.45) is 12.0 Å². The van der Waals surface area contributed by atoms with Crippen LogP contribution in [-0.4, -0.2) is 72.4 Å². The number of aliphatic imine (C=N–C) groups is 1. The number of nitrogens with zero attached hydrogens (tertiary/aromatic N) is 6. The van der Waals surface area contributed by atoms with Crippen LogP contribution in [0.5, 0.6) is 0 Å². The molecule has 2 aromatic rings. The van der Waals surface area contributed by atoms with Gasteiger partial charge in [-0.25, -0.2) is 4.39 Å². The summed E-state index contributed by atoms with van der Waals surface area (Å²) in [6.45, 7) is 12.5. The third kappa shape index (κ3) is 7.05. The van der Waals surface area contributed by atoms with Crippen molar-refractivity contribution < 1.29 is 4.39 Å². The van der Waals surface area contributed by atoms with Crippen molar-refractivity contribution in [2.45, 2.75) is 39.8 Å². The number of hydrogen-bond acceptors (Lipinski definition) is 4. The first-order valence-electron chi connectivity index (χ1n) is 11.5. The van der Waals surface area contributed by atoms with Crippen LogP contribution in [0.1, 0.15) is 43.5 Å². The van der Waals surface area contributed by atoms with E-state index in [1.54, 1.807) is 13.1 Å². The molecule has 1 aliphatic heterocycles. The highest BCUT2D eigenvalue weighted by Crippen LogP contribution is 2.22. The minimum absolute atomic E-state index is 0. The summed E-state index contributed by atoms with van der Waals surface area (Å²) in [7, 11) is 5.72. The summed E-state index contributed by atoms with van der Waals surface area (Å²) in [5, 5.41) is 7.95. The Labute approximate surface area is 215 Å². The Morgan fingerprint density at radius 1 is 1.24 bits per heavy atom. The van der Waals surface area contributed by atoms with Gasteiger partial charge in [0.1, 0.15) is 5.82 Å². The average Bonchev–Trinajstić information content (AvgIpc) is 3.14. The maximum Gasteiger partial charge on any atom is 0.193 e. The summed E-state index contributed by atoms with van der Waals surface area (Å²) in [6.07, 6.45) is 2.06. The Hall–Kier alpha value is -1.88. The minimum Gasteiger partial charge on any atom is -0.367 e. The summed E-state index contributed by atoms with van der Waals surface area (Å²) in [5.74, 6) is 0.972. The summed E-state index contributed by atoms with van der Waals surface area (Å²) in [4.78, 5) is 11.0. The fourth-order valence-electron chi connectivity index (χ4n) is 4.28. The molecule has 2 heterocycles. The highest BCUT2D eigenvalue weighted by molar-refractivity contribution is 14.0. The Bertz CT molecular complexity index is 920. The predicted octanol–water partition coefficient (Wildman–Crippen LogP) is 3.65. The molecule has 1 aliphatic rings. The number of rotatable bonds is 7. The van der Waals surface area contributed by atoms with E-state index in [1.165, 1.54) is 5.56 Å². The smallest absolute Gasteiger partial charge is 0.193 e. The summed E-state index contributed by atoms with van der Waals surface area (Å²) >= 11 is 0. The fraction of sp³-hybridized carbons (Fsp3) is 0.583. The lowest BCUT2D eigenvalue weighted by Crippen LogP contribution is -2.46. The standard InChI is InChI=1S/C24H38FN7.HI/c1-7-31-10-12-32(13-11-31)22-9-8-19(14-21(22)25)15-27-24(26-4)29(5)16-20-17-30(6)28-23(20)18(2)3;/h8-9,14,17-18H,7,10-13,15-16H2,1-6H3,(H,26,27);1H. The molecule has 0 unspecified atom stereocenters. The second kappa shape index (κ2) is 12.5. The summed E-state index contributed by atoms with van der Waals surface area (Å²) in [6, 6.07) is 5.55. The summed E-state index contributed by atoms with van der Waals surface area (Å²) < 4.78 is 16.7. The zero-order chi connectivity index (χ0) is 23.3. The molecule has 0 amide bonds. The van der Waals surface area contributed by atoms with E-state index in [4.69, 9.17) is 0 Å². The molecule has 1 saturated heterocycles. The van der Waals surface area contributed by atoms with Gasteiger partial charge in [0.25, 0.3) is 0 Å². The Morgan fingerprint density at radius 2 is 1.94 bits per heavy atom. The Balaban J connectivity index is 0.00000385. The Kier molecular flexibility index (Phi) is 10.4. The van der Waals surface area contributed by atoms with Crippen molar-refractivity contribution in [3.8, 4) is 0 Å². The zero-order valence-corrected chi connectivity index (χ0v) is 23.1. The largest absolute Gasteiger partial charge is 0.367 e. The topological polar surface area (TPSA) is 51.9 Å². The van der Waals surface area contributed by atoms with Gasteiger partial charge in [-0.2, -0.15) is 5.10 Å². The fourth-order valence-corrected chi connectivity index (χ4v) is 4.28. The normalized spacial score (nSPS) is 15.0. The number of benzene rings is 1. The summed E-state index contributed by atoms with van der Waals surface area (Å²) in [5.41, 5.74) is 3.89. The van der Waals surface area contributed by atoms with Gasteiger partial charge in [0.2, 0.25) is 0 Å². The first kappa shape index (κ1) is 27.4. The second-order valence-electron chi connectivity index (χ2n) is 8.83. The molecule has 0 bridgehead atoms. The molecule has 3 rings (SSSR count). The molecule has 7 nitrogen and oxygen atoms in total. The molecule has 0 aliphatic carbocycles. The van der Waals surface area contributed by atoms with Crippen LogP contribution in [0.25, 0.3) is 0 Å². The van der Waals surface area contributed by atoms with E-state index in [-0.39, 0.29) is 29.8 Å². The van der Waals surface area contributed by atoms with Crippen LogP contribution in [-0.2, 0) is 20.1 Å². The van der Waals surface area contributed by atoms with Crippen molar-refractivity contribution in [1.82, 2.24) is 24.9 Å². The van der Waals surface area contributed by atoms with E-state index in [1.807, 2.05) is 30.9 Å². The van der Waals surface area contributed by atoms with Gasteiger partial charge >= 0.3 is 0 Å². The quantitative estimate of drug-likeness (QED) is 0.313. The number of anilines is 1. The molecule has 0 radical (unpaired) electrons. The molecule has 1 N–H and O–H groups in total. The van der Waals surface area contributed by atoms with Crippen molar-refractivity contribution >= 4 is 35.6 Å².